The Hall–Kier alpha value is -3.92. The van der Waals surface area contributed by atoms with Crippen molar-refractivity contribution in [3.8, 4) is 34.0 Å². The molecule has 34 heavy (non-hydrogen) atoms. The Labute approximate surface area is 199 Å². The number of aromatic nitrogens is 3. The molecular formula is C24H20F3N5OS. The van der Waals surface area contributed by atoms with Crippen LogP contribution < -0.4 is 15.8 Å². The number of aryl methyl sites for hydroxylation is 2. The highest BCUT2D eigenvalue weighted by atomic mass is 32.1. The number of ether oxygens (including phenoxy) is 1. The van der Waals surface area contributed by atoms with E-state index >= 15 is 0 Å². The summed E-state index contributed by atoms with van der Waals surface area (Å²) in [6.07, 6.45) is -3.23. The predicted molar refractivity (Wildman–Crippen MR) is 129 cm³/mol. The Bertz CT molecular complexity index is 1310. The molecule has 4 aromatic rings. The van der Waals surface area contributed by atoms with Gasteiger partial charge in [-0.2, -0.15) is 0 Å². The van der Waals surface area contributed by atoms with Gasteiger partial charge in [0.15, 0.2) is 10.9 Å². The highest BCUT2D eigenvalue weighted by Gasteiger charge is 2.31. The lowest BCUT2D eigenvalue weighted by Crippen LogP contribution is -2.20. The molecule has 0 unspecified atom stereocenters. The van der Waals surface area contributed by atoms with Crippen LogP contribution >= 0.6 is 12.2 Å². The summed E-state index contributed by atoms with van der Waals surface area (Å²) in [4.78, 5) is 4.32. The van der Waals surface area contributed by atoms with Crippen molar-refractivity contribution in [2.45, 2.75) is 20.2 Å². The number of hydrogen-bond donors (Lipinski definition) is 2. The van der Waals surface area contributed by atoms with E-state index in [4.69, 9.17) is 18.0 Å². The maximum Gasteiger partial charge on any atom is 0.573 e. The second-order valence-corrected chi connectivity index (χ2v) is 8.05. The van der Waals surface area contributed by atoms with Gasteiger partial charge >= 0.3 is 6.36 Å². The van der Waals surface area contributed by atoms with Crippen molar-refractivity contribution in [3.63, 3.8) is 0 Å². The number of nitrogens with zero attached hydrogens (tertiary/aromatic N) is 3. The number of hydrogen-bond acceptors (Lipinski definition) is 4. The summed E-state index contributed by atoms with van der Waals surface area (Å²) in [6, 6.07) is 17.3. The minimum absolute atomic E-state index is 0.223. The van der Waals surface area contributed by atoms with Crippen LogP contribution in [-0.2, 0) is 0 Å². The van der Waals surface area contributed by atoms with E-state index < -0.39 is 6.36 Å². The number of halogens is 3. The predicted octanol–water partition coefficient (Wildman–Crippen LogP) is 5.77. The van der Waals surface area contributed by atoms with Crippen LogP contribution in [0, 0.1) is 13.8 Å². The Morgan fingerprint density at radius 2 is 1.53 bits per heavy atom. The van der Waals surface area contributed by atoms with Gasteiger partial charge in [0.2, 0.25) is 0 Å². The molecule has 4 rings (SSSR count). The third-order valence-electron chi connectivity index (χ3n) is 5.08. The Kier molecular flexibility index (Phi) is 6.25. The van der Waals surface area contributed by atoms with Crippen LogP contribution in [0.5, 0.6) is 5.75 Å². The van der Waals surface area contributed by atoms with E-state index in [1.54, 1.807) is 0 Å². The Balaban J connectivity index is 1.53. The van der Waals surface area contributed by atoms with Crippen molar-refractivity contribution < 1.29 is 17.9 Å². The molecule has 0 aliphatic heterocycles. The van der Waals surface area contributed by atoms with E-state index in [-0.39, 0.29) is 10.9 Å². The fourth-order valence-electron chi connectivity index (χ4n) is 3.58. The lowest BCUT2D eigenvalue weighted by molar-refractivity contribution is -0.274. The topological polar surface area (TPSA) is 78.0 Å². The fraction of sp³-hybridized carbons (Fsp3) is 0.125. The minimum Gasteiger partial charge on any atom is -0.406 e. The number of nitrogens with one attached hydrogen (secondary N) is 1. The van der Waals surface area contributed by atoms with Gasteiger partial charge in [-0.25, -0.2) is 9.67 Å². The average Bonchev–Trinajstić information content (AvgIpc) is 3.26. The highest BCUT2D eigenvalue weighted by molar-refractivity contribution is 7.80. The molecule has 0 amide bonds. The van der Waals surface area contributed by atoms with Crippen LogP contribution in [0.1, 0.15) is 11.1 Å². The molecule has 3 aromatic carbocycles. The van der Waals surface area contributed by atoms with Crippen LogP contribution in [0.2, 0.25) is 0 Å². The summed E-state index contributed by atoms with van der Waals surface area (Å²) in [5.41, 5.74) is 12.0. The molecule has 0 aliphatic carbocycles. The lowest BCUT2D eigenvalue weighted by Gasteiger charge is -2.14. The summed E-state index contributed by atoms with van der Waals surface area (Å²) in [5, 5.41) is 7.67. The van der Waals surface area contributed by atoms with Crippen LogP contribution in [-0.4, -0.2) is 26.2 Å². The van der Waals surface area contributed by atoms with Crippen molar-refractivity contribution in [2.24, 2.45) is 5.73 Å². The first-order valence-corrected chi connectivity index (χ1v) is 10.6. The van der Waals surface area contributed by atoms with E-state index in [2.05, 4.69) is 32.3 Å². The Morgan fingerprint density at radius 3 is 2.09 bits per heavy atom. The van der Waals surface area contributed by atoms with Crippen molar-refractivity contribution in [1.29, 1.82) is 0 Å². The van der Waals surface area contributed by atoms with E-state index in [0.29, 0.717) is 11.5 Å². The lowest BCUT2D eigenvalue weighted by atomic mass is 9.98. The van der Waals surface area contributed by atoms with Gasteiger partial charge in [0.25, 0.3) is 0 Å². The summed E-state index contributed by atoms with van der Waals surface area (Å²) in [7, 11) is 0. The third kappa shape index (κ3) is 5.34. The first kappa shape index (κ1) is 23.2. The van der Waals surface area contributed by atoms with Crippen LogP contribution in [0.15, 0.2) is 67.0 Å². The fourth-order valence-corrected chi connectivity index (χ4v) is 3.68. The van der Waals surface area contributed by atoms with Crippen molar-refractivity contribution in [1.82, 2.24) is 14.8 Å². The van der Waals surface area contributed by atoms with Crippen molar-refractivity contribution in [2.75, 3.05) is 5.32 Å². The van der Waals surface area contributed by atoms with Gasteiger partial charge in [0.05, 0.1) is 5.69 Å². The van der Waals surface area contributed by atoms with Crippen molar-refractivity contribution >= 4 is 23.0 Å². The number of benzene rings is 3. The largest absolute Gasteiger partial charge is 0.573 e. The zero-order valence-corrected chi connectivity index (χ0v) is 19.0. The molecule has 1 aromatic heterocycles. The SMILES string of the molecule is Cc1cc(-c2ccc(-c3ncn(-c4ccc(OC(F)(F)F)cc4)n3)cc2)cc(C)c1NC(N)=S. The summed E-state index contributed by atoms with van der Waals surface area (Å²) < 4.78 is 42.4. The van der Waals surface area contributed by atoms with E-state index in [9.17, 15) is 13.2 Å². The highest BCUT2D eigenvalue weighted by Crippen LogP contribution is 2.30. The van der Waals surface area contributed by atoms with Crippen LogP contribution in [0.4, 0.5) is 18.9 Å². The van der Waals surface area contributed by atoms with E-state index in [1.807, 2.05) is 38.1 Å². The van der Waals surface area contributed by atoms with Gasteiger partial charge in [-0.05, 0) is 84.7 Å². The average molecular weight is 484 g/mol. The normalized spacial score (nSPS) is 11.3. The van der Waals surface area contributed by atoms with Gasteiger partial charge in [-0.3, -0.25) is 0 Å². The smallest absolute Gasteiger partial charge is 0.406 e. The van der Waals surface area contributed by atoms with Gasteiger partial charge in [0, 0.05) is 11.3 Å². The number of rotatable bonds is 5. The number of anilines is 1. The molecule has 0 fully saturated rings. The molecule has 0 bridgehead atoms. The number of thiocarbonyl (C=S) groups is 1. The zero-order valence-electron chi connectivity index (χ0n) is 18.2. The molecule has 3 N–H and O–H groups in total. The van der Waals surface area contributed by atoms with Gasteiger partial charge in [-0.1, -0.05) is 24.3 Å². The van der Waals surface area contributed by atoms with Crippen LogP contribution in [0.3, 0.4) is 0 Å². The summed E-state index contributed by atoms with van der Waals surface area (Å²) in [5.74, 6) is 0.192. The Morgan fingerprint density at radius 1 is 0.941 bits per heavy atom. The minimum atomic E-state index is -4.73. The molecule has 0 spiro atoms. The van der Waals surface area contributed by atoms with Gasteiger partial charge in [0.1, 0.15) is 12.1 Å². The quantitative estimate of drug-likeness (QED) is 0.351. The van der Waals surface area contributed by atoms with E-state index in [1.165, 1.54) is 35.3 Å². The maximum atomic E-state index is 12.3. The molecule has 6 nitrogen and oxygen atoms in total. The monoisotopic (exact) mass is 483 g/mol. The van der Waals surface area contributed by atoms with Gasteiger partial charge < -0.3 is 15.8 Å². The number of nitrogens with two attached hydrogens (primary N) is 1. The standard InChI is InChI=1S/C24H20F3N5OS/c1-14-11-18(12-15(2)21(14)30-23(28)34)16-3-5-17(6-4-16)22-29-13-32(31-22)19-7-9-20(10-8-19)33-24(25,26)27/h3-13H,1-2H3,(H3,28,30,34). The maximum absolute atomic E-state index is 12.3. The molecule has 10 heteroatoms. The molecule has 0 saturated heterocycles. The van der Waals surface area contributed by atoms with Crippen LogP contribution in [0.25, 0.3) is 28.2 Å². The molecule has 0 aliphatic rings. The van der Waals surface area contributed by atoms with Gasteiger partial charge in [-0.15, -0.1) is 18.3 Å². The molecule has 174 valence electrons. The molecule has 0 radical (unpaired) electrons. The zero-order chi connectivity index (χ0) is 24.5. The molecule has 0 saturated carbocycles. The first-order chi connectivity index (χ1) is 16.1. The number of alkyl halides is 3. The first-order valence-electron chi connectivity index (χ1n) is 10.2. The third-order valence-corrected chi connectivity index (χ3v) is 5.19. The second kappa shape index (κ2) is 9.14. The molecular weight excluding hydrogens is 463 g/mol. The molecule has 1 heterocycles. The second-order valence-electron chi connectivity index (χ2n) is 7.61. The summed E-state index contributed by atoms with van der Waals surface area (Å²) >= 11 is 4.95. The van der Waals surface area contributed by atoms with E-state index in [0.717, 1.165) is 33.5 Å². The summed E-state index contributed by atoms with van der Waals surface area (Å²) in [6.45, 7) is 3.98. The van der Waals surface area contributed by atoms with Crippen molar-refractivity contribution in [3.05, 3.63) is 78.1 Å². The molecule has 0 atom stereocenters.